The maximum atomic E-state index is 12.9. The normalized spacial score (nSPS) is 25.5. The molecular formula is C20H24F2N4O3. The van der Waals surface area contributed by atoms with Gasteiger partial charge in [-0.25, -0.2) is 8.78 Å². The van der Waals surface area contributed by atoms with E-state index in [1.165, 1.54) is 4.90 Å². The van der Waals surface area contributed by atoms with Gasteiger partial charge >= 0.3 is 0 Å². The van der Waals surface area contributed by atoms with Gasteiger partial charge in [0.05, 0.1) is 0 Å². The summed E-state index contributed by atoms with van der Waals surface area (Å²) in [6.07, 6.45) is -1.97. The van der Waals surface area contributed by atoms with Crippen LogP contribution in [-0.2, 0) is 22.7 Å². The molecule has 3 amide bonds. The molecule has 156 valence electrons. The number of hydrogen-bond donors (Lipinski definition) is 2. The minimum absolute atomic E-state index is 0.167. The summed E-state index contributed by atoms with van der Waals surface area (Å²) in [4.78, 5) is 39.8. The van der Waals surface area contributed by atoms with E-state index in [1.807, 2.05) is 12.1 Å². The molecule has 1 aromatic carbocycles. The molecule has 29 heavy (non-hydrogen) atoms. The van der Waals surface area contributed by atoms with Crippen LogP contribution in [0.4, 0.5) is 8.78 Å². The average molecular weight is 406 g/mol. The average Bonchev–Trinajstić information content (AvgIpc) is 2.99. The Balaban J connectivity index is 1.47. The maximum Gasteiger partial charge on any atom is 0.255 e. The summed E-state index contributed by atoms with van der Waals surface area (Å²) in [5.74, 6) is -0.954. The number of nitrogens with one attached hydrogen (secondary N) is 2. The van der Waals surface area contributed by atoms with Gasteiger partial charge in [-0.1, -0.05) is 12.1 Å². The predicted molar refractivity (Wildman–Crippen MR) is 100 cm³/mol. The summed E-state index contributed by atoms with van der Waals surface area (Å²) >= 11 is 0. The first-order valence-corrected chi connectivity index (χ1v) is 9.91. The molecule has 0 radical (unpaired) electrons. The van der Waals surface area contributed by atoms with Crippen LogP contribution in [0.25, 0.3) is 0 Å². The highest BCUT2D eigenvalue weighted by molar-refractivity contribution is 6.05. The van der Waals surface area contributed by atoms with Gasteiger partial charge in [-0.05, 0) is 23.6 Å². The van der Waals surface area contributed by atoms with E-state index < -0.39 is 18.4 Å². The molecule has 0 spiro atoms. The molecule has 1 aromatic rings. The van der Waals surface area contributed by atoms with E-state index in [0.717, 1.165) is 17.7 Å². The number of nitrogens with zero attached hydrogens (tertiary/aromatic N) is 2. The molecule has 7 nitrogen and oxygen atoms in total. The molecule has 0 aliphatic carbocycles. The fourth-order valence-electron chi connectivity index (χ4n) is 4.41. The molecule has 0 bridgehead atoms. The van der Waals surface area contributed by atoms with Gasteiger partial charge in [0.15, 0.2) is 0 Å². The molecule has 3 aliphatic heterocycles. The molecule has 2 unspecified atom stereocenters. The SMILES string of the molecule is O=C1CCC(N2Cc3cc(CN4CCNCC4CC(F)F)ccc3C2=O)C(=O)N1. The Morgan fingerprint density at radius 2 is 2.03 bits per heavy atom. The number of fused-ring (bicyclic) bond motifs is 1. The Morgan fingerprint density at radius 3 is 2.79 bits per heavy atom. The summed E-state index contributed by atoms with van der Waals surface area (Å²) in [6.45, 7) is 2.84. The minimum atomic E-state index is -2.35. The maximum absolute atomic E-state index is 12.9. The van der Waals surface area contributed by atoms with Gasteiger partial charge in [-0.3, -0.25) is 24.6 Å². The van der Waals surface area contributed by atoms with Crippen LogP contribution >= 0.6 is 0 Å². The Bertz CT molecular complexity index is 832. The third kappa shape index (κ3) is 4.16. The van der Waals surface area contributed by atoms with Crippen LogP contribution in [0, 0.1) is 0 Å². The number of amides is 3. The second-order valence-corrected chi connectivity index (χ2v) is 7.85. The van der Waals surface area contributed by atoms with E-state index in [4.69, 9.17) is 0 Å². The van der Waals surface area contributed by atoms with Crippen molar-refractivity contribution in [2.75, 3.05) is 19.6 Å². The second kappa shape index (κ2) is 8.16. The van der Waals surface area contributed by atoms with Gasteiger partial charge < -0.3 is 10.2 Å². The molecule has 3 heterocycles. The monoisotopic (exact) mass is 406 g/mol. The lowest BCUT2D eigenvalue weighted by Crippen LogP contribution is -2.52. The van der Waals surface area contributed by atoms with Gasteiger partial charge in [0.1, 0.15) is 6.04 Å². The van der Waals surface area contributed by atoms with E-state index in [0.29, 0.717) is 38.2 Å². The van der Waals surface area contributed by atoms with E-state index in [-0.39, 0.29) is 30.7 Å². The second-order valence-electron chi connectivity index (χ2n) is 7.85. The van der Waals surface area contributed by atoms with Gasteiger partial charge in [0.2, 0.25) is 18.2 Å². The molecule has 2 N–H and O–H groups in total. The summed E-state index contributed by atoms with van der Waals surface area (Å²) in [6, 6.07) is 4.67. The first kappa shape index (κ1) is 19.9. The molecular weight excluding hydrogens is 382 g/mol. The third-order valence-electron chi connectivity index (χ3n) is 5.90. The number of halogens is 2. The van der Waals surface area contributed by atoms with Crippen molar-refractivity contribution in [3.63, 3.8) is 0 Å². The van der Waals surface area contributed by atoms with Crippen molar-refractivity contribution in [1.29, 1.82) is 0 Å². The Kier molecular flexibility index (Phi) is 5.60. The quantitative estimate of drug-likeness (QED) is 0.710. The number of carbonyl (C=O) groups excluding carboxylic acids is 3. The van der Waals surface area contributed by atoms with Crippen molar-refractivity contribution in [2.45, 2.75) is 50.9 Å². The summed E-state index contributed by atoms with van der Waals surface area (Å²) in [5.41, 5.74) is 2.35. The van der Waals surface area contributed by atoms with Crippen LogP contribution in [0.2, 0.25) is 0 Å². The van der Waals surface area contributed by atoms with Crippen molar-refractivity contribution in [3.05, 3.63) is 34.9 Å². The van der Waals surface area contributed by atoms with Crippen LogP contribution in [-0.4, -0.2) is 65.7 Å². The number of piperidine rings is 1. The lowest BCUT2D eigenvalue weighted by molar-refractivity contribution is -0.136. The first-order chi connectivity index (χ1) is 13.9. The number of rotatable bonds is 5. The van der Waals surface area contributed by atoms with Crippen molar-refractivity contribution in [2.24, 2.45) is 0 Å². The van der Waals surface area contributed by atoms with E-state index >= 15 is 0 Å². The van der Waals surface area contributed by atoms with Crippen LogP contribution in [0.1, 0.15) is 40.7 Å². The topological polar surface area (TPSA) is 81.8 Å². The number of benzene rings is 1. The number of carbonyl (C=O) groups is 3. The number of alkyl halides is 2. The van der Waals surface area contributed by atoms with Crippen molar-refractivity contribution < 1.29 is 23.2 Å². The van der Waals surface area contributed by atoms with Gasteiger partial charge in [0, 0.05) is 57.2 Å². The molecule has 0 saturated carbocycles. The summed E-state index contributed by atoms with van der Waals surface area (Å²) < 4.78 is 25.8. The van der Waals surface area contributed by atoms with Crippen LogP contribution in [0.15, 0.2) is 18.2 Å². The highest BCUT2D eigenvalue weighted by atomic mass is 19.3. The Labute approximate surface area is 167 Å². The highest BCUT2D eigenvalue weighted by Gasteiger charge is 2.39. The number of imide groups is 1. The zero-order valence-corrected chi connectivity index (χ0v) is 16.0. The largest absolute Gasteiger partial charge is 0.322 e. The van der Waals surface area contributed by atoms with Gasteiger partial charge in [0.25, 0.3) is 5.91 Å². The zero-order chi connectivity index (χ0) is 20.5. The fourth-order valence-corrected chi connectivity index (χ4v) is 4.41. The van der Waals surface area contributed by atoms with Crippen molar-refractivity contribution >= 4 is 17.7 Å². The minimum Gasteiger partial charge on any atom is -0.322 e. The number of piperazine rings is 1. The molecule has 0 aromatic heterocycles. The van der Waals surface area contributed by atoms with Gasteiger partial charge in [-0.15, -0.1) is 0 Å². The fraction of sp³-hybridized carbons (Fsp3) is 0.550. The molecule has 2 saturated heterocycles. The van der Waals surface area contributed by atoms with Crippen LogP contribution in [0.5, 0.6) is 0 Å². The first-order valence-electron chi connectivity index (χ1n) is 9.91. The summed E-state index contributed by atoms with van der Waals surface area (Å²) in [5, 5.41) is 5.46. The smallest absolute Gasteiger partial charge is 0.255 e. The Hall–Kier alpha value is -2.39. The van der Waals surface area contributed by atoms with Crippen LogP contribution < -0.4 is 10.6 Å². The molecule has 2 fully saturated rings. The molecule has 2 atom stereocenters. The molecule has 3 aliphatic rings. The lowest BCUT2D eigenvalue weighted by Gasteiger charge is -2.36. The zero-order valence-electron chi connectivity index (χ0n) is 16.0. The standard InChI is InChI=1S/C20H24F2N4O3/c21-17(22)8-14-9-23-5-6-25(14)10-12-1-2-15-13(7-12)11-26(20(15)29)16-3-4-18(27)24-19(16)28/h1-2,7,14,16-17,23H,3-6,8-11H2,(H,24,27,28). The third-order valence-corrected chi connectivity index (χ3v) is 5.90. The predicted octanol–water partition coefficient (Wildman–Crippen LogP) is 0.877. The van der Waals surface area contributed by atoms with Gasteiger partial charge in [-0.2, -0.15) is 0 Å². The van der Waals surface area contributed by atoms with Crippen molar-refractivity contribution in [1.82, 2.24) is 20.4 Å². The van der Waals surface area contributed by atoms with Crippen molar-refractivity contribution in [3.8, 4) is 0 Å². The van der Waals surface area contributed by atoms with E-state index in [2.05, 4.69) is 15.5 Å². The van der Waals surface area contributed by atoms with E-state index in [9.17, 15) is 23.2 Å². The highest BCUT2D eigenvalue weighted by Crippen LogP contribution is 2.29. The molecule has 9 heteroatoms. The van der Waals surface area contributed by atoms with E-state index in [1.54, 1.807) is 6.07 Å². The number of hydrogen-bond acceptors (Lipinski definition) is 5. The lowest BCUT2D eigenvalue weighted by atomic mass is 10.0. The Morgan fingerprint density at radius 1 is 1.21 bits per heavy atom. The summed E-state index contributed by atoms with van der Waals surface area (Å²) in [7, 11) is 0. The van der Waals surface area contributed by atoms with Crippen LogP contribution in [0.3, 0.4) is 0 Å². The molecule has 4 rings (SSSR count).